The van der Waals surface area contributed by atoms with Crippen molar-refractivity contribution in [3.63, 3.8) is 0 Å². The lowest BCUT2D eigenvalue weighted by Crippen LogP contribution is -2.13. The SMILES string of the molecule is Cc1cc(C(=O)Nc2c(C)cc(Cl)nc2Cl)c(C)o1. The van der Waals surface area contributed by atoms with E-state index in [1.807, 2.05) is 0 Å². The number of anilines is 1. The van der Waals surface area contributed by atoms with Gasteiger partial charge < -0.3 is 9.73 Å². The van der Waals surface area contributed by atoms with Crippen LogP contribution in [0.1, 0.15) is 27.4 Å². The van der Waals surface area contributed by atoms with Crippen molar-refractivity contribution in [1.82, 2.24) is 4.98 Å². The van der Waals surface area contributed by atoms with Crippen LogP contribution in [0, 0.1) is 20.8 Å². The lowest BCUT2D eigenvalue weighted by molar-refractivity contribution is 0.102. The van der Waals surface area contributed by atoms with E-state index in [-0.39, 0.29) is 16.2 Å². The Morgan fingerprint density at radius 1 is 1.26 bits per heavy atom. The summed E-state index contributed by atoms with van der Waals surface area (Å²) in [6.07, 6.45) is 0. The number of hydrogen-bond donors (Lipinski definition) is 1. The number of carbonyl (C=O) groups excluding carboxylic acids is 1. The molecule has 0 aliphatic rings. The number of hydrogen-bond acceptors (Lipinski definition) is 3. The van der Waals surface area contributed by atoms with Crippen LogP contribution in [-0.4, -0.2) is 10.9 Å². The molecule has 4 nitrogen and oxygen atoms in total. The van der Waals surface area contributed by atoms with Crippen molar-refractivity contribution in [2.45, 2.75) is 20.8 Å². The van der Waals surface area contributed by atoms with Crippen LogP contribution in [0.4, 0.5) is 5.69 Å². The van der Waals surface area contributed by atoms with E-state index < -0.39 is 0 Å². The molecule has 0 aliphatic heterocycles. The maximum absolute atomic E-state index is 12.1. The number of rotatable bonds is 2. The van der Waals surface area contributed by atoms with E-state index >= 15 is 0 Å². The summed E-state index contributed by atoms with van der Waals surface area (Å²) in [5, 5.41) is 3.18. The van der Waals surface area contributed by atoms with E-state index in [1.54, 1.807) is 32.9 Å². The van der Waals surface area contributed by atoms with Gasteiger partial charge in [-0.2, -0.15) is 0 Å². The average molecular weight is 299 g/mol. The van der Waals surface area contributed by atoms with Crippen LogP contribution in [0.15, 0.2) is 16.5 Å². The summed E-state index contributed by atoms with van der Waals surface area (Å²) >= 11 is 11.8. The topological polar surface area (TPSA) is 55.1 Å². The first-order chi connectivity index (χ1) is 8.88. The predicted octanol–water partition coefficient (Wildman–Crippen LogP) is 4.16. The number of nitrogens with one attached hydrogen (secondary N) is 1. The maximum Gasteiger partial charge on any atom is 0.259 e. The Morgan fingerprint density at radius 3 is 2.47 bits per heavy atom. The third kappa shape index (κ3) is 2.91. The normalized spacial score (nSPS) is 10.6. The highest BCUT2D eigenvalue weighted by molar-refractivity contribution is 6.35. The van der Waals surface area contributed by atoms with Gasteiger partial charge in [-0.25, -0.2) is 4.98 Å². The van der Waals surface area contributed by atoms with Crippen molar-refractivity contribution in [2.75, 3.05) is 5.32 Å². The number of pyridine rings is 1. The second-order valence-corrected chi connectivity index (χ2v) is 4.95. The van der Waals surface area contributed by atoms with Crippen LogP contribution in [0.5, 0.6) is 0 Å². The van der Waals surface area contributed by atoms with Crippen molar-refractivity contribution >= 4 is 34.8 Å². The van der Waals surface area contributed by atoms with E-state index in [2.05, 4.69) is 10.3 Å². The third-order valence-corrected chi connectivity index (χ3v) is 3.13. The smallest absolute Gasteiger partial charge is 0.259 e. The van der Waals surface area contributed by atoms with Gasteiger partial charge in [0.1, 0.15) is 16.7 Å². The number of carbonyl (C=O) groups is 1. The number of halogens is 2. The van der Waals surface area contributed by atoms with E-state index in [4.69, 9.17) is 27.6 Å². The molecule has 2 aromatic heterocycles. The van der Waals surface area contributed by atoms with E-state index in [0.29, 0.717) is 22.8 Å². The van der Waals surface area contributed by atoms with Crippen LogP contribution in [-0.2, 0) is 0 Å². The number of nitrogens with zero attached hydrogens (tertiary/aromatic N) is 1. The summed E-state index contributed by atoms with van der Waals surface area (Å²) in [4.78, 5) is 16.0. The van der Waals surface area contributed by atoms with Crippen molar-refractivity contribution in [1.29, 1.82) is 0 Å². The highest BCUT2D eigenvalue weighted by Gasteiger charge is 2.16. The number of amides is 1. The second kappa shape index (κ2) is 5.23. The quantitative estimate of drug-likeness (QED) is 0.847. The molecule has 0 saturated heterocycles. The summed E-state index contributed by atoms with van der Waals surface area (Å²) in [7, 11) is 0. The molecule has 0 atom stereocenters. The van der Waals surface area contributed by atoms with Crippen molar-refractivity contribution in [3.8, 4) is 0 Å². The highest BCUT2D eigenvalue weighted by atomic mass is 35.5. The minimum Gasteiger partial charge on any atom is -0.466 e. The molecule has 0 bridgehead atoms. The van der Waals surface area contributed by atoms with Crippen LogP contribution in [0.2, 0.25) is 10.3 Å². The van der Waals surface area contributed by atoms with Crippen molar-refractivity contribution in [2.24, 2.45) is 0 Å². The molecule has 6 heteroatoms. The molecule has 2 aromatic rings. The van der Waals surface area contributed by atoms with Gasteiger partial charge >= 0.3 is 0 Å². The summed E-state index contributed by atoms with van der Waals surface area (Å²) in [5.74, 6) is 0.953. The zero-order valence-electron chi connectivity index (χ0n) is 10.7. The van der Waals surface area contributed by atoms with Gasteiger partial charge in [-0.1, -0.05) is 23.2 Å². The lowest BCUT2D eigenvalue weighted by atomic mass is 10.2. The van der Waals surface area contributed by atoms with E-state index in [0.717, 1.165) is 5.56 Å². The largest absolute Gasteiger partial charge is 0.466 e. The molecule has 0 saturated carbocycles. The second-order valence-electron chi connectivity index (χ2n) is 4.21. The Labute approximate surface area is 120 Å². The van der Waals surface area contributed by atoms with Gasteiger partial charge in [-0.05, 0) is 38.5 Å². The maximum atomic E-state index is 12.1. The highest BCUT2D eigenvalue weighted by Crippen LogP contribution is 2.27. The Bertz CT molecular complexity index is 627. The molecule has 19 heavy (non-hydrogen) atoms. The fourth-order valence-corrected chi connectivity index (χ4v) is 2.36. The Kier molecular flexibility index (Phi) is 3.83. The number of aromatic nitrogens is 1. The standard InChI is InChI=1S/C13H12Cl2N2O2/c1-6-4-10(14)16-12(15)11(6)17-13(18)9-5-7(2)19-8(9)3/h4-5H,1-3H3,(H,17,18). The predicted molar refractivity (Wildman–Crippen MR) is 75.1 cm³/mol. The fourth-order valence-electron chi connectivity index (χ4n) is 1.78. The van der Waals surface area contributed by atoms with Gasteiger partial charge in [0.15, 0.2) is 5.15 Å². The molecule has 2 heterocycles. The van der Waals surface area contributed by atoms with Gasteiger partial charge in [0, 0.05) is 0 Å². The van der Waals surface area contributed by atoms with Gasteiger partial charge in [0.2, 0.25) is 0 Å². The van der Waals surface area contributed by atoms with Crippen LogP contribution < -0.4 is 5.32 Å². The third-order valence-electron chi connectivity index (χ3n) is 2.67. The first kappa shape index (κ1) is 13.9. The first-order valence-electron chi connectivity index (χ1n) is 5.59. The molecule has 0 radical (unpaired) electrons. The summed E-state index contributed by atoms with van der Waals surface area (Å²) < 4.78 is 5.32. The Balaban J connectivity index is 2.32. The zero-order chi connectivity index (χ0) is 14.2. The van der Waals surface area contributed by atoms with Crippen molar-refractivity contribution in [3.05, 3.63) is 45.1 Å². The van der Waals surface area contributed by atoms with E-state index in [9.17, 15) is 4.79 Å². The molecule has 0 fully saturated rings. The molecule has 1 N–H and O–H groups in total. The molecule has 0 aromatic carbocycles. The number of furan rings is 1. The van der Waals surface area contributed by atoms with E-state index in [1.165, 1.54) is 0 Å². The van der Waals surface area contributed by atoms with Gasteiger partial charge in [0.05, 0.1) is 11.3 Å². The van der Waals surface area contributed by atoms with Crippen LogP contribution in [0.3, 0.4) is 0 Å². The monoisotopic (exact) mass is 298 g/mol. The minimum atomic E-state index is -0.288. The molecule has 0 spiro atoms. The molecule has 1 amide bonds. The Morgan fingerprint density at radius 2 is 1.95 bits per heavy atom. The number of aryl methyl sites for hydroxylation is 3. The summed E-state index contributed by atoms with van der Waals surface area (Å²) in [6.45, 7) is 5.31. The lowest BCUT2D eigenvalue weighted by Gasteiger charge is -2.09. The molecule has 2 rings (SSSR count). The first-order valence-corrected chi connectivity index (χ1v) is 6.35. The summed E-state index contributed by atoms with van der Waals surface area (Å²) in [6, 6.07) is 3.31. The van der Waals surface area contributed by atoms with Crippen LogP contribution in [0.25, 0.3) is 0 Å². The fraction of sp³-hybridized carbons (Fsp3) is 0.231. The van der Waals surface area contributed by atoms with Crippen LogP contribution >= 0.6 is 23.2 Å². The molecular formula is C13H12Cl2N2O2. The minimum absolute atomic E-state index is 0.163. The molecule has 0 unspecified atom stereocenters. The molecule has 100 valence electrons. The van der Waals surface area contributed by atoms with Crippen molar-refractivity contribution < 1.29 is 9.21 Å². The Hall–Kier alpha value is -1.52. The molecular weight excluding hydrogens is 287 g/mol. The molecule has 0 aliphatic carbocycles. The van der Waals surface area contributed by atoms with Gasteiger partial charge in [0.25, 0.3) is 5.91 Å². The van der Waals surface area contributed by atoms with Gasteiger partial charge in [-0.15, -0.1) is 0 Å². The van der Waals surface area contributed by atoms with Gasteiger partial charge in [-0.3, -0.25) is 4.79 Å². The summed E-state index contributed by atoms with van der Waals surface area (Å²) in [5.41, 5.74) is 1.67. The average Bonchev–Trinajstić information content (AvgIpc) is 2.62. The zero-order valence-corrected chi connectivity index (χ0v) is 12.2.